The number of anilines is 2. The normalized spacial score (nSPS) is 18.6. The highest BCUT2D eigenvalue weighted by Gasteiger charge is 2.37. The Kier molecular flexibility index (Phi) is 6.33. The molecule has 29 heavy (non-hydrogen) atoms. The van der Waals surface area contributed by atoms with Gasteiger partial charge in [0.2, 0.25) is 15.9 Å². The quantitative estimate of drug-likeness (QED) is 0.539. The van der Waals surface area contributed by atoms with Crippen molar-refractivity contribution in [3.63, 3.8) is 0 Å². The Morgan fingerprint density at radius 3 is 2.66 bits per heavy atom. The lowest BCUT2D eigenvalue weighted by Gasteiger charge is -2.14. The van der Waals surface area contributed by atoms with E-state index in [1.807, 2.05) is 13.0 Å². The number of carbonyl (C=O) groups excluding carboxylic acids is 1. The number of hydrazine groups is 1. The first-order valence-electron chi connectivity index (χ1n) is 8.98. The van der Waals surface area contributed by atoms with Crippen molar-refractivity contribution in [1.82, 2.24) is 10.9 Å². The number of carbonyl (C=O) groups is 1. The molecule has 2 unspecified atom stereocenters. The first kappa shape index (κ1) is 20.6. The molecule has 1 aliphatic heterocycles. The summed E-state index contributed by atoms with van der Waals surface area (Å²) >= 11 is 0. The zero-order valence-corrected chi connectivity index (χ0v) is 16.5. The van der Waals surface area contributed by atoms with Crippen LogP contribution >= 0.6 is 0 Å². The van der Waals surface area contributed by atoms with Crippen LogP contribution in [0.3, 0.4) is 0 Å². The van der Waals surface area contributed by atoms with Gasteiger partial charge < -0.3 is 10.1 Å². The van der Waals surface area contributed by atoms with Crippen LogP contribution in [0.4, 0.5) is 11.4 Å². The molecule has 0 aliphatic carbocycles. The van der Waals surface area contributed by atoms with Crippen LogP contribution < -0.4 is 25.6 Å². The summed E-state index contributed by atoms with van der Waals surface area (Å²) in [5.74, 6) is 0.250. The molecule has 0 spiro atoms. The summed E-state index contributed by atoms with van der Waals surface area (Å²) in [6, 6.07) is 14.3. The molecular formula is C19H21N5O4S. The maximum atomic E-state index is 12.6. The Morgan fingerprint density at radius 1 is 1.21 bits per heavy atom. The lowest BCUT2D eigenvalue weighted by molar-refractivity contribution is -0.117. The van der Waals surface area contributed by atoms with Gasteiger partial charge >= 0.3 is 0 Å². The number of nitrogens with one attached hydrogen (secondary N) is 4. The fourth-order valence-corrected chi connectivity index (χ4v) is 4.10. The lowest BCUT2D eigenvalue weighted by atomic mass is 10.2. The molecule has 2 atom stereocenters. The molecule has 1 heterocycles. The standard InChI is InChI=1S/C19H21N5O4S/c1-2-28-16-8-6-14(7-9-16)24-29(26,27)18-11-17(22-23-18)19(25)21-15-5-3-4-13(10-15)12-20/h3-10,17-18,22-24H,2,11H2,1H3,(H,21,25). The Morgan fingerprint density at radius 2 is 1.97 bits per heavy atom. The highest BCUT2D eigenvalue weighted by atomic mass is 32.2. The SMILES string of the molecule is CCOc1ccc(NS(=O)(=O)C2CC(C(=O)Nc3cccc(C#N)c3)NN2)cc1. The van der Waals surface area contributed by atoms with E-state index < -0.39 is 27.3 Å². The number of hydrogen-bond donors (Lipinski definition) is 4. The molecule has 9 nitrogen and oxygen atoms in total. The molecule has 3 rings (SSSR count). The Hall–Kier alpha value is -3.13. The van der Waals surface area contributed by atoms with Crippen molar-refractivity contribution >= 4 is 27.3 Å². The maximum absolute atomic E-state index is 12.6. The fraction of sp³-hybridized carbons (Fsp3) is 0.263. The highest BCUT2D eigenvalue weighted by molar-refractivity contribution is 7.93. The van der Waals surface area contributed by atoms with Crippen molar-refractivity contribution in [2.24, 2.45) is 0 Å². The van der Waals surface area contributed by atoms with Crippen molar-refractivity contribution in [2.75, 3.05) is 16.6 Å². The Balaban J connectivity index is 1.59. The van der Waals surface area contributed by atoms with Crippen LogP contribution in [0.15, 0.2) is 48.5 Å². The summed E-state index contributed by atoms with van der Waals surface area (Å²) in [4.78, 5) is 12.4. The predicted molar refractivity (Wildman–Crippen MR) is 108 cm³/mol. The molecule has 0 saturated carbocycles. The van der Waals surface area contributed by atoms with Crippen LogP contribution in [0.25, 0.3) is 0 Å². The van der Waals surface area contributed by atoms with Gasteiger partial charge in [-0.2, -0.15) is 5.26 Å². The third-order valence-corrected chi connectivity index (χ3v) is 5.82. The molecule has 0 bridgehead atoms. The van der Waals surface area contributed by atoms with E-state index in [2.05, 4.69) is 20.9 Å². The van der Waals surface area contributed by atoms with Crippen molar-refractivity contribution < 1.29 is 17.9 Å². The van der Waals surface area contributed by atoms with Crippen LogP contribution in [0.5, 0.6) is 5.75 Å². The summed E-state index contributed by atoms with van der Waals surface area (Å²) in [6.45, 7) is 2.38. The first-order valence-corrected chi connectivity index (χ1v) is 10.5. The van der Waals surface area contributed by atoms with Gasteiger partial charge in [0.15, 0.2) is 0 Å². The third kappa shape index (κ3) is 5.23. The number of benzene rings is 2. The van der Waals surface area contributed by atoms with Crippen LogP contribution in [0, 0.1) is 11.3 Å². The number of nitriles is 1. The second kappa shape index (κ2) is 8.91. The highest BCUT2D eigenvalue weighted by Crippen LogP contribution is 2.20. The van der Waals surface area contributed by atoms with E-state index in [-0.39, 0.29) is 6.42 Å². The van der Waals surface area contributed by atoms with E-state index in [4.69, 9.17) is 10.00 Å². The molecular weight excluding hydrogens is 394 g/mol. The third-order valence-electron chi connectivity index (χ3n) is 4.24. The molecule has 10 heteroatoms. The number of rotatable bonds is 7. The lowest BCUT2D eigenvalue weighted by Crippen LogP contribution is -2.42. The van der Waals surface area contributed by atoms with Crippen molar-refractivity contribution in [1.29, 1.82) is 5.26 Å². The van der Waals surface area contributed by atoms with Crippen LogP contribution in [-0.4, -0.2) is 32.3 Å². The Bertz CT molecular complexity index is 1020. The Labute approximate surface area is 169 Å². The monoisotopic (exact) mass is 415 g/mol. The van der Waals surface area contributed by atoms with Gasteiger partial charge in [-0.15, -0.1) is 0 Å². The van der Waals surface area contributed by atoms with E-state index in [9.17, 15) is 13.2 Å². The molecule has 2 aromatic rings. The van der Waals surface area contributed by atoms with Gasteiger partial charge in [-0.3, -0.25) is 9.52 Å². The molecule has 152 valence electrons. The summed E-state index contributed by atoms with van der Waals surface area (Å²) in [6.07, 6.45) is 0.0378. The van der Waals surface area contributed by atoms with E-state index in [1.165, 1.54) is 0 Å². The molecule has 1 aliphatic rings. The van der Waals surface area contributed by atoms with Gasteiger partial charge in [-0.1, -0.05) is 6.07 Å². The second-order valence-corrected chi connectivity index (χ2v) is 8.22. The molecule has 1 fully saturated rings. The minimum atomic E-state index is -3.78. The number of ether oxygens (including phenoxy) is 1. The van der Waals surface area contributed by atoms with E-state index in [0.717, 1.165) is 0 Å². The number of nitrogens with zero attached hydrogens (tertiary/aromatic N) is 1. The molecule has 0 aromatic heterocycles. The fourth-order valence-electron chi connectivity index (χ4n) is 2.82. The van der Waals surface area contributed by atoms with Crippen LogP contribution in [-0.2, 0) is 14.8 Å². The summed E-state index contributed by atoms with van der Waals surface area (Å²) in [5, 5.41) is 10.6. The van der Waals surface area contributed by atoms with Crippen LogP contribution in [0.1, 0.15) is 18.9 Å². The second-order valence-electron chi connectivity index (χ2n) is 6.35. The molecule has 0 radical (unpaired) electrons. The summed E-state index contributed by atoms with van der Waals surface area (Å²) in [7, 11) is -3.78. The maximum Gasteiger partial charge on any atom is 0.250 e. The zero-order chi connectivity index (χ0) is 20.9. The summed E-state index contributed by atoms with van der Waals surface area (Å²) < 4.78 is 33.1. The molecule has 1 amide bonds. The topological polar surface area (TPSA) is 132 Å². The average molecular weight is 415 g/mol. The number of sulfonamides is 1. The van der Waals surface area contributed by atoms with Gasteiger partial charge in [0.25, 0.3) is 0 Å². The largest absolute Gasteiger partial charge is 0.494 e. The van der Waals surface area contributed by atoms with Crippen molar-refractivity contribution in [3.8, 4) is 11.8 Å². The van der Waals surface area contributed by atoms with Gasteiger partial charge in [-0.25, -0.2) is 19.3 Å². The van der Waals surface area contributed by atoms with Crippen molar-refractivity contribution in [2.45, 2.75) is 24.8 Å². The number of amides is 1. The molecule has 1 saturated heterocycles. The van der Waals surface area contributed by atoms with Crippen molar-refractivity contribution in [3.05, 3.63) is 54.1 Å². The van der Waals surface area contributed by atoms with Gasteiger partial charge in [0.1, 0.15) is 17.2 Å². The molecule has 4 N–H and O–H groups in total. The minimum absolute atomic E-state index is 0.0378. The average Bonchev–Trinajstić information content (AvgIpc) is 3.21. The van der Waals surface area contributed by atoms with E-state index >= 15 is 0 Å². The molecule has 2 aromatic carbocycles. The zero-order valence-electron chi connectivity index (χ0n) is 15.7. The first-order chi connectivity index (χ1) is 13.9. The van der Waals surface area contributed by atoms with Gasteiger partial charge in [0, 0.05) is 17.8 Å². The smallest absolute Gasteiger partial charge is 0.250 e. The minimum Gasteiger partial charge on any atom is -0.494 e. The predicted octanol–water partition coefficient (Wildman–Crippen LogP) is 1.53. The van der Waals surface area contributed by atoms with Gasteiger partial charge in [0.05, 0.1) is 18.2 Å². The van der Waals surface area contributed by atoms with E-state index in [1.54, 1.807) is 48.5 Å². The van der Waals surface area contributed by atoms with Gasteiger partial charge in [-0.05, 0) is 49.4 Å². The number of hydrogen-bond acceptors (Lipinski definition) is 7. The summed E-state index contributed by atoms with van der Waals surface area (Å²) in [5.41, 5.74) is 6.64. The van der Waals surface area contributed by atoms with E-state index in [0.29, 0.717) is 29.3 Å². The van der Waals surface area contributed by atoms with Crippen LogP contribution in [0.2, 0.25) is 0 Å².